The Hall–Kier alpha value is -4.70. The van der Waals surface area contributed by atoms with E-state index in [9.17, 15) is 0 Å². The molecule has 1 saturated carbocycles. The highest BCUT2D eigenvalue weighted by Gasteiger charge is 2.37. The zero-order chi connectivity index (χ0) is 26.0. The third-order valence-corrected chi connectivity index (χ3v) is 7.36. The normalized spacial score (nSPS) is 13.2. The molecule has 1 aliphatic carbocycles. The average molecular weight is 496 g/mol. The number of nitrogens with two attached hydrogens (primary N) is 2. The lowest BCUT2D eigenvalue weighted by atomic mass is 9.76. The summed E-state index contributed by atoms with van der Waals surface area (Å²) in [6, 6.07) is 41.7. The molecule has 1 aliphatic rings. The SMILES string of the molecule is Nc1ccc(NC(c2ccccc2)(c2ccccc2)c2ccccc2)c(C(=[NH2+])c2ccnc(C3CC3)c2)c1. The first-order chi connectivity index (χ1) is 18.6. The molecule has 6 rings (SSSR count). The monoisotopic (exact) mass is 495 g/mol. The summed E-state index contributed by atoms with van der Waals surface area (Å²) in [4.78, 5) is 4.59. The molecule has 5 N–H and O–H groups in total. The molecule has 186 valence electrons. The van der Waals surface area contributed by atoms with Gasteiger partial charge in [-0.25, -0.2) is 0 Å². The number of benzene rings is 4. The van der Waals surface area contributed by atoms with Gasteiger partial charge in [0.05, 0.1) is 5.56 Å². The summed E-state index contributed by atoms with van der Waals surface area (Å²) in [5.41, 5.74) is 14.2. The average Bonchev–Trinajstić information content (AvgIpc) is 3.84. The van der Waals surface area contributed by atoms with Gasteiger partial charge in [-0.1, -0.05) is 91.0 Å². The van der Waals surface area contributed by atoms with Gasteiger partial charge in [0.25, 0.3) is 0 Å². The molecule has 1 fully saturated rings. The number of aromatic nitrogens is 1. The van der Waals surface area contributed by atoms with Crippen LogP contribution in [0.3, 0.4) is 0 Å². The summed E-state index contributed by atoms with van der Waals surface area (Å²) in [7, 11) is 0. The maximum Gasteiger partial charge on any atom is 0.213 e. The second kappa shape index (κ2) is 9.98. The van der Waals surface area contributed by atoms with E-state index in [2.05, 4.69) is 89.2 Å². The van der Waals surface area contributed by atoms with Crippen molar-refractivity contribution in [3.05, 3.63) is 161 Å². The molecule has 4 heteroatoms. The van der Waals surface area contributed by atoms with Crippen LogP contribution in [0.25, 0.3) is 0 Å². The third-order valence-electron chi connectivity index (χ3n) is 7.36. The van der Waals surface area contributed by atoms with Crippen LogP contribution in [0.2, 0.25) is 0 Å². The number of pyridine rings is 1. The highest BCUT2D eigenvalue weighted by Crippen LogP contribution is 2.42. The number of nitrogens with one attached hydrogen (secondary N) is 1. The van der Waals surface area contributed by atoms with E-state index in [4.69, 9.17) is 11.1 Å². The molecule has 0 unspecified atom stereocenters. The topological polar surface area (TPSA) is 76.5 Å². The van der Waals surface area contributed by atoms with Crippen LogP contribution < -0.4 is 16.5 Å². The Morgan fingerprint density at radius 2 is 1.29 bits per heavy atom. The first-order valence-electron chi connectivity index (χ1n) is 13.1. The highest BCUT2D eigenvalue weighted by atomic mass is 15.0. The second-order valence-corrected chi connectivity index (χ2v) is 9.94. The van der Waals surface area contributed by atoms with Crippen LogP contribution in [-0.2, 0) is 5.54 Å². The molecule has 0 saturated heterocycles. The molecule has 5 aromatic rings. The van der Waals surface area contributed by atoms with E-state index in [1.54, 1.807) is 0 Å². The van der Waals surface area contributed by atoms with Gasteiger partial charge < -0.3 is 11.1 Å². The van der Waals surface area contributed by atoms with Gasteiger partial charge in [-0.2, -0.15) is 0 Å². The van der Waals surface area contributed by atoms with Crippen molar-refractivity contribution < 1.29 is 5.41 Å². The number of rotatable bonds is 8. The van der Waals surface area contributed by atoms with Crippen molar-refractivity contribution >= 4 is 17.1 Å². The van der Waals surface area contributed by atoms with E-state index in [0.29, 0.717) is 17.3 Å². The first kappa shape index (κ1) is 23.7. The predicted octanol–water partition coefficient (Wildman–Crippen LogP) is 5.54. The molecule has 0 spiro atoms. The Labute approximate surface area is 223 Å². The summed E-state index contributed by atoms with van der Waals surface area (Å²) in [6.45, 7) is 0. The minimum atomic E-state index is -0.674. The van der Waals surface area contributed by atoms with Gasteiger partial charge in [0.2, 0.25) is 5.71 Å². The molecule has 38 heavy (non-hydrogen) atoms. The fourth-order valence-corrected chi connectivity index (χ4v) is 5.25. The fourth-order valence-electron chi connectivity index (χ4n) is 5.25. The maximum atomic E-state index is 6.90. The van der Waals surface area contributed by atoms with Crippen molar-refractivity contribution in [1.82, 2.24) is 4.98 Å². The Morgan fingerprint density at radius 1 is 0.737 bits per heavy atom. The lowest BCUT2D eigenvalue weighted by Gasteiger charge is -2.38. The molecular formula is C34H31N4+. The number of hydrogen-bond acceptors (Lipinski definition) is 3. The van der Waals surface area contributed by atoms with Crippen LogP contribution in [0.5, 0.6) is 0 Å². The van der Waals surface area contributed by atoms with Crippen LogP contribution in [0.1, 0.15) is 52.3 Å². The third kappa shape index (κ3) is 4.46. The zero-order valence-corrected chi connectivity index (χ0v) is 21.2. The predicted molar refractivity (Wildman–Crippen MR) is 155 cm³/mol. The molecule has 0 atom stereocenters. The maximum absolute atomic E-state index is 6.90. The van der Waals surface area contributed by atoms with Gasteiger partial charge in [0.1, 0.15) is 5.54 Å². The number of nitrogen functional groups attached to an aromatic ring is 1. The smallest absolute Gasteiger partial charge is 0.213 e. The van der Waals surface area contributed by atoms with Crippen molar-refractivity contribution in [3.63, 3.8) is 0 Å². The molecule has 1 aromatic heterocycles. The molecule has 1 heterocycles. The molecule has 0 amide bonds. The van der Waals surface area contributed by atoms with E-state index in [-0.39, 0.29) is 0 Å². The zero-order valence-electron chi connectivity index (χ0n) is 21.2. The van der Waals surface area contributed by atoms with Crippen LogP contribution in [0.15, 0.2) is 128 Å². The van der Waals surface area contributed by atoms with Crippen LogP contribution in [-0.4, -0.2) is 10.7 Å². The van der Waals surface area contributed by atoms with E-state index in [1.165, 1.54) is 12.8 Å². The summed E-state index contributed by atoms with van der Waals surface area (Å²) in [5.74, 6) is 0.545. The van der Waals surface area contributed by atoms with Gasteiger partial charge in [-0.15, -0.1) is 0 Å². The molecular weight excluding hydrogens is 464 g/mol. The largest absolute Gasteiger partial charge is 0.399 e. The minimum Gasteiger partial charge on any atom is -0.399 e. The summed E-state index contributed by atoms with van der Waals surface area (Å²) in [5, 5.41) is 10.9. The molecule has 4 aromatic carbocycles. The summed E-state index contributed by atoms with van der Waals surface area (Å²) < 4.78 is 0. The highest BCUT2D eigenvalue weighted by molar-refractivity contribution is 6.12. The Morgan fingerprint density at radius 3 is 1.82 bits per heavy atom. The van der Waals surface area contributed by atoms with E-state index in [0.717, 1.165) is 39.2 Å². The van der Waals surface area contributed by atoms with Crippen LogP contribution >= 0.6 is 0 Å². The summed E-state index contributed by atoms with van der Waals surface area (Å²) in [6.07, 6.45) is 4.24. The van der Waals surface area contributed by atoms with Crippen molar-refractivity contribution in [2.24, 2.45) is 0 Å². The number of hydrogen-bond donors (Lipinski definition) is 3. The lowest BCUT2D eigenvalue weighted by molar-refractivity contribution is -0.111. The van der Waals surface area contributed by atoms with E-state index in [1.807, 2.05) is 48.7 Å². The minimum absolute atomic E-state index is 0.545. The van der Waals surface area contributed by atoms with Crippen molar-refractivity contribution in [2.75, 3.05) is 11.1 Å². The number of anilines is 2. The van der Waals surface area contributed by atoms with Gasteiger partial charge in [-0.05, 0) is 59.9 Å². The van der Waals surface area contributed by atoms with E-state index < -0.39 is 5.54 Å². The summed E-state index contributed by atoms with van der Waals surface area (Å²) >= 11 is 0. The Bertz CT molecular complexity index is 1460. The molecule has 0 radical (unpaired) electrons. The quantitative estimate of drug-likeness (QED) is 0.150. The van der Waals surface area contributed by atoms with Gasteiger partial charge in [0, 0.05) is 34.7 Å². The second-order valence-electron chi connectivity index (χ2n) is 9.94. The molecule has 0 bridgehead atoms. The van der Waals surface area contributed by atoms with Crippen molar-refractivity contribution in [2.45, 2.75) is 24.3 Å². The molecule has 4 nitrogen and oxygen atoms in total. The standard InChI is InChI=1S/C34H30N4/c35-29-18-19-31(30(23-29)33(36)25-20-21-37-32(22-25)24-16-17-24)38-34(26-10-4-1-5-11-26,27-12-6-2-7-13-27)28-14-8-3-9-15-28/h1-15,18-24,36,38H,16-17,35H2/p+1. The van der Waals surface area contributed by atoms with Crippen LogP contribution in [0, 0.1) is 0 Å². The van der Waals surface area contributed by atoms with Crippen LogP contribution in [0.4, 0.5) is 11.4 Å². The van der Waals surface area contributed by atoms with Gasteiger partial charge in [0.15, 0.2) is 0 Å². The Balaban J connectivity index is 1.54. The Kier molecular flexibility index (Phi) is 6.22. The van der Waals surface area contributed by atoms with E-state index >= 15 is 0 Å². The fraction of sp³-hybridized carbons (Fsp3) is 0.118. The van der Waals surface area contributed by atoms with Crippen molar-refractivity contribution in [1.29, 1.82) is 0 Å². The van der Waals surface area contributed by atoms with Gasteiger partial charge >= 0.3 is 0 Å². The number of nitrogens with zero attached hydrogens (tertiary/aromatic N) is 1. The van der Waals surface area contributed by atoms with Gasteiger partial charge in [-0.3, -0.25) is 10.4 Å². The lowest BCUT2D eigenvalue weighted by Crippen LogP contribution is -2.43. The first-order valence-corrected chi connectivity index (χ1v) is 13.1. The van der Waals surface area contributed by atoms with Crippen molar-refractivity contribution in [3.8, 4) is 0 Å². The molecule has 0 aliphatic heterocycles.